The second-order valence-corrected chi connectivity index (χ2v) is 4.39. The van der Waals surface area contributed by atoms with Gasteiger partial charge in [0.15, 0.2) is 0 Å². The standard InChI is InChI=1S/C10H16O5S2/c1-4-13-8(11)7(9(12)14-5-2)17-10(16)15-6-3/h7H,4-6H2,1-3H3. The summed E-state index contributed by atoms with van der Waals surface area (Å²) in [5, 5.41) is -1.12. The molecule has 0 saturated heterocycles. The molecular weight excluding hydrogens is 264 g/mol. The summed E-state index contributed by atoms with van der Waals surface area (Å²) >= 11 is 5.69. The van der Waals surface area contributed by atoms with Crippen molar-refractivity contribution in [2.45, 2.75) is 26.0 Å². The van der Waals surface area contributed by atoms with Crippen LogP contribution < -0.4 is 0 Å². The number of ether oxygens (including phenoxy) is 3. The fourth-order valence-corrected chi connectivity index (χ4v) is 1.99. The molecule has 0 bridgehead atoms. The van der Waals surface area contributed by atoms with E-state index in [0.29, 0.717) is 6.61 Å². The Balaban J connectivity index is 4.55. The fraction of sp³-hybridized carbons (Fsp3) is 0.700. The summed E-state index contributed by atoms with van der Waals surface area (Å²) in [5.41, 5.74) is 0. The van der Waals surface area contributed by atoms with E-state index in [-0.39, 0.29) is 17.6 Å². The van der Waals surface area contributed by atoms with Crippen LogP contribution in [0.4, 0.5) is 0 Å². The van der Waals surface area contributed by atoms with Crippen molar-refractivity contribution in [3.8, 4) is 0 Å². The number of hydrogen-bond acceptors (Lipinski definition) is 7. The normalized spacial score (nSPS) is 9.88. The van der Waals surface area contributed by atoms with Crippen LogP contribution in [-0.4, -0.2) is 41.4 Å². The van der Waals surface area contributed by atoms with Crippen molar-refractivity contribution in [3.05, 3.63) is 0 Å². The van der Waals surface area contributed by atoms with E-state index in [1.54, 1.807) is 20.8 Å². The first-order valence-electron chi connectivity index (χ1n) is 5.23. The quantitative estimate of drug-likeness (QED) is 0.415. The van der Waals surface area contributed by atoms with Crippen LogP contribution in [-0.2, 0) is 23.8 Å². The lowest BCUT2D eigenvalue weighted by Gasteiger charge is -2.14. The van der Waals surface area contributed by atoms with Crippen molar-refractivity contribution < 1.29 is 23.8 Å². The molecule has 0 N–H and O–H groups in total. The molecule has 0 amide bonds. The zero-order chi connectivity index (χ0) is 13.3. The Kier molecular flexibility index (Phi) is 8.79. The van der Waals surface area contributed by atoms with E-state index in [9.17, 15) is 9.59 Å². The van der Waals surface area contributed by atoms with E-state index < -0.39 is 17.2 Å². The Hall–Kier alpha value is -0.820. The van der Waals surface area contributed by atoms with Gasteiger partial charge in [0.25, 0.3) is 0 Å². The number of carbonyl (C=O) groups excluding carboxylic acids is 2. The Morgan fingerprint density at radius 3 is 1.76 bits per heavy atom. The molecular formula is C10H16O5S2. The summed E-state index contributed by atoms with van der Waals surface area (Å²) in [5.74, 6) is -1.34. The van der Waals surface area contributed by atoms with Gasteiger partial charge in [0, 0.05) is 0 Å². The van der Waals surface area contributed by atoms with Crippen LogP contribution in [0.2, 0.25) is 0 Å². The Bertz CT molecular complexity index is 262. The first-order valence-corrected chi connectivity index (χ1v) is 6.52. The highest BCUT2D eigenvalue weighted by Gasteiger charge is 2.32. The van der Waals surface area contributed by atoms with Crippen molar-refractivity contribution in [2.24, 2.45) is 0 Å². The van der Waals surface area contributed by atoms with Gasteiger partial charge in [-0.05, 0) is 44.8 Å². The van der Waals surface area contributed by atoms with Crippen molar-refractivity contribution in [2.75, 3.05) is 19.8 Å². The first-order chi connectivity index (χ1) is 8.06. The minimum atomic E-state index is -1.12. The highest BCUT2D eigenvalue weighted by Crippen LogP contribution is 2.18. The first kappa shape index (κ1) is 16.2. The second-order valence-electron chi connectivity index (χ2n) is 2.69. The van der Waals surface area contributed by atoms with E-state index in [0.717, 1.165) is 11.8 Å². The van der Waals surface area contributed by atoms with Crippen LogP contribution >= 0.6 is 24.0 Å². The smallest absolute Gasteiger partial charge is 0.331 e. The summed E-state index contributed by atoms with van der Waals surface area (Å²) in [6.45, 7) is 5.84. The second kappa shape index (κ2) is 9.23. The predicted octanol–water partition coefficient (Wildman–Crippen LogP) is 1.54. The Morgan fingerprint density at radius 2 is 1.41 bits per heavy atom. The lowest BCUT2D eigenvalue weighted by Crippen LogP contribution is -2.32. The summed E-state index contributed by atoms with van der Waals surface area (Å²) in [7, 11) is 0. The van der Waals surface area contributed by atoms with E-state index in [4.69, 9.17) is 26.4 Å². The Morgan fingerprint density at radius 1 is 1.00 bits per heavy atom. The van der Waals surface area contributed by atoms with Gasteiger partial charge in [-0.3, -0.25) is 9.59 Å². The molecule has 0 atom stereocenters. The van der Waals surface area contributed by atoms with Crippen LogP contribution in [0, 0.1) is 0 Å². The molecule has 0 saturated carbocycles. The van der Waals surface area contributed by atoms with Crippen LogP contribution in [0.3, 0.4) is 0 Å². The maximum absolute atomic E-state index is 11.5. The molecule has 5 nitrogen and oxygen atoms in total. The van der Waals surface area contributed by atoms with E-state index >= 15 is 0 Å². The molecule has 0 fully saturated rings. The number of rotatable bonds is 6. The monoisotopic (exact) mass is 280 g/mol. The molecule has 0 aromatic heterocycles. The molecule has 0 spiro atoms. The maximum atomic E-state index is 11.5. The molecule has 0 aromatic rings. The fourth-order valence-electron chi connectivity index (χ4n) is 0.876. The summed E-state index contributed by atoms with van der Waals surface area (Å²) in [6, 6.07) is 0. The zero-order valence-electron chi connectivity index (χ0n) is 10.1. The van der Waals surface area contributed by atoms with E-state index in [2.05, 4.69) is 0 Å². The van der Waals surface area contributed by atoms with Crippen LogP contribution in [0.15, 0.2) is 0 Å². The molecule has 0 aliphatic heterocycles. The molecule has 0 radical (unpaired) electrons. The summed E-state index contributed by atoms with van der Waals surface area (Å²) in [6.07, 6.45) is 0. The van der Waals surface area contributed by atoms with Gasteiger partial charge < -0.3 is 14.2 Å². The van der Waals surface area contributed by atoms with Crippen molar-refractivity contribution >= 4 is 40.3 Å². The molecule has 0 aliphatic rings. The zero-order valence-corrected chi connectivity index (χ0v) is 11.7. The summed E-state index contributed by atoms with van der Waals surface area (Å²) < 4.78 is 14.7. The third-order valence-corrected chi connectivity index (χ3v) is 2.82. The molecule has 0 aromatic carbocycles. The highest BCUT2D eigenvalue weighted by molar-refractivity contribution is 8.23. The lowest BCUT2D eigenvalue weighted by atomic mass is 10.4. The van der Waals surface area contributed by atoms with Crippen LogP contribution in [0.5, 0.6) is 0 Å². The van der Waals surface area contributed by atoms with E-state index in [1.165, 1.54) is 0 Å². The predicted molar refractivity (Wildman–Crippen MR) is 68.9 cm³/mol. The van der Waals surface area contributed by atoms with E-state index in [1.807, 2.05) is 0 Å². The molecule has 0 rings (SSSR count). The topological polar surface area (TPSA) is 61.8 Å². The van der Waals surface area contributed by atoms with Crippen molar-refractivity contribution in [3.63, 3.8) is 0 Å². The van der Waals surface area contributed by atoms with Gasteiger partial charge in [0.1, 0.15) is 0 Å². The average molecular weight is 280 g/mol. The number of carbonyl (C=O) groups is 2. The summed E-state index contributed by atoms with van der Waals surface area (Å²) in [4.78, 5) is 23.1. The molecule has 0 heterocycles. The molecule has 0 aliphatic carbocycles. The third kappa shape index (κ3) is 6.48. The minimum absolute atomic E-state index is 0.124. The highest BCUT2D eigenvalue weighted by atomic mass is 32.2. The van der Waals surface area contributed by atoms with Gasteiger partial charge in [-0.2, -0.15) is 0 Å². The Labute approximate surface area is 110 Å². The molecule has 98 valence electrons. The number of esters is 2. The number of thioether (sulfide) groups is 1. The molecule has 17 heavy (non-hydrogen) atoms. The maximum Gasteiger partial charge on any atom is 0.331 e. The molecule has 7 heteroatoms. The lowest BCUT2D eigenvalue weighted by molar-refractivity contribution is -0.152. The van der Waals surface area contributed by atoms with Gasteiger partial charge >= 0.3 is 11.9 Å². The molecule has 0 unspecified atom stereocenters. The van der Waals surface area contributed by atoms with Gasteiger partial charge in [0.05, 0.1) is 19.8 Å². The number of hydrogen-bond donors (Lipinski definition) is 0. The van der Waals surface area contributed by atoms with Crippen molar-refractivity contribution in [1.82, 2.24) is 0 Å². The minimum Gasteiger partial charge on any atom is -0.479 e. The van der Waals surface area contributed by atoms with Crippen LogP contribution in [0.25, 0.3) is 0 Å². The van der Waals surface area contributed by atoms with Gasteiger partial charge in [-0.25, -0.2) is 0 Å². The van der Waals surface area contributed by atoms with Gasteiger partial charge in [-0.1, -0.05) is 0 Å². The largest absolute Gasteiger partial charge is 0.479 e. The van der Waals surface area contributed by atoms with Crippen LogP contribution in [0.1, 0.15) is 20.8 Å². The van der Waals surface area contributed by atoms with Gasteiger partial charge in [-0.15, -0.1) is 0 Å². The number of thiocarbonyl (C=S) groups is 1. The van der Waals surface area contributed by atoms with Crippen molar-refractivity contribution in [1.29, 1.82) is 0 Å². The SMILES string of the molecule is CCOC(=O)C(SC(=S)OCC)C(=O)OCC. The van der Waals surface area contributed by atoms with Gasteiger partial charge in [0.2, 0.25) is 9.63 Å². The third-order valence-electron chi connectivity index (χ3n) is 1.48. The average Bonchev–Trinajstić information content (AvgIpc) is 2.26.